The first kappa shape index (κ1) is 14.8. The van der Waals surface area contributed by atoms with Crippen LogP contribution in [0.1, 0.15) is 18.9 Å². The van der Waals surface area contributed by atoms with Gasteiger partial charge < -0.3 is 9.84 Å². The van der Waals surface area contributed by atoms with E-state index in [0.717, 1.165) is 19.2 Å². The van der Waals surface area contributed by atoms with Crippen molar-refractivity contribution in [3.63, 3.8) is 0 Å². The van der Waals surface area contributed by atoms with Gasteiger partial charge in [0.25, 0.3) is 0 Å². The number of carbonyl (C=O) groups is 1. The number of carbonyl (C=O) groups excluding carboxylic acids is 1. The van der Waals surface area contributed by atoms with E-state index in [-0.39, 0.29) is 12.0 Å². The number of hydroxylamine groups is 1. The van der Waals surface area contributed by atoms with Gasteiger partial charge in [-0.2, -0.15) is 5.48 Å². The number of aliphatic hydroxyl groups excluding tert-OH is 1. The molecule has 2 N–H and O–H groups in total. The van der Waals surface area contributed by atoms with E-state index in [9.17, 15) is 18.7 Å². The summed E-state index contributed by atoms with van der Waals surface area (Å²) in [6.07, 6.45) is -1.55. The second kappa shape index (κ2) is 5.43. The van der Waals surface area contributed by atoms with Crippen molar-refractivity contribution in [3.8, 4) is 0 Å². The summed E-state index contributed by atoms with van der Waals surface area (Å²) < 4.78 is 31.4. The van der Waals surface area contributed by atoms with Crippen molar-refractivity contribution in [2.45, 2.75) is 31.1 Å². The Morgan fingerprint density at radius 2 is 2.10 bits per heavy atom. The lowest BCUT2D eigenvalue weighted by molar-refractivity contribution is -0.151. The number of benzene rings is 1. The molecule has 0 radical (unpaired) electrons. The van der Waals surface area contributed by atoms with Crippen LogP contribution in [-0.2, 0) is 19.9 Å². The molecule has 0 saturated carbocycles. The van der Waals surface area contributed by atoms with Gasteiger partial charge in [-0.1, -0.05) is 0 Å². The molecule has 7 heteroatoms. The van der Waals surface area contributed by atoms with Crippen LogP contribution in [0.15, 0.2) is 18.2 Å². The highest BCUT2D eigenvalue weighted by Crippen LogP contribution is 2.35. The highest BCUT2D eigenvalue weighted by atomic mass is 19.1. The number of ether oxygens (including phenoxy) is 1. The van der Waals surface area contributed by atoms with Gasteiger partial charge in [-0.25, -0.2) is 13.6 Å². The summed E-state index contributed by atoms with van der Waals surface area (Å²) in [6, 6.07) is 2.76. The van der Waals surface area contributed by atoms with Crippen molar-refractivity contribution >= 4 is 5.97 Å². The number of nitrogens with one attached hydrogen (secondary N) is 1. The molecule has 1 aromatic carbocycles. The fourth-order valence-corrected chi connectivity index (χ4v) is 2.22. The molecule has 1 aliphatic rings. The summed E-state index contributed by atoms with van der Waals surface area (Å²) in [5.41, 5.74) is 0.959. The first-order valence-corrected chi connectivity index (χ1v) is 6.05. The van der Waals surface area contributed by atoms with Crippen LogP contribution < -0.4 is 5.48 Å². The van der Waals surface area contributed by atoms with Gasteiger partial charge in [0.05, 0.1) is 13.2 Å². The van der Waals surface area contributed by atoms with E-state index in [2.05, 4.69) is 5.48 Å². The maximum Gasteiger partial charge on any atom is 0.333 e. The second-order valence-corrected chi connectivity index (χ2v) is 4.76. The minimum absolute atomic E-state index is 0.000231. The Hall–Kier alpha value is -1.57. The Morgan fingerprint density at radius 1 is 1.50 bits per heavy atom. The maximum atomic E-state index is 13.4. The lowest BCUT2D eigenvalue weighted by Crippen LogP contribution is -2.45. The number of methoxy groups -OCH3 is 1. The quantitative estimate of drug-likeness (QED) is 0.812. The highest BCUT2D eigenvalue weighted by Gasteiger charge is 2.50. The summed E-state index contributed by atoms with van der Waals surface area (Å²) >= 11 is 0. The Balaban J connectivity index is 2.46. The van der Waals surface area contributed by atoms with E-state index in [0.29, 0.717) is 6.07 Å². The van der Waals surface area contributed by atoms with Crippen molar-refractivity contribution in [1.29, 1.82) is 0 Å². The van der Waals surface area contributed by atoms with E-state index in [1.54, 1.807) is 0 Å². The number of rotatable bonds is 3. The smallest absolute Gasteiger partial charge is 0.333 e. The molecular formula is C13H15F2NO4. The molecule has 2 rings (SSSR count). The molecule has 1 aliphatic heterocycles. The van der Waals surface area contributed by atoms with Crippen LogP contribution in [0.5, 0.6) is 0 Å². The van der Waals surface area contributed by atoms with Gasteiger partial charge in [0.15, 0.2) is 5.54 Å². The molecule has 0 aliphatic carbocycles. The molecule has 0 bridgehead atoms. The summed E-state index contributed by atoms with van der Waals surface area (Å²) in [5, 5.41) is 9.53. The molecule has 3 unspecified atom stereocenters. The van der Waals surface area contributed by atoms with Crippen LogP contribution in [0.4, 0.5) is 8.78 Å². The molecule has 3 atom stereocenters. The van der Waals surface area contributed by atoms with Gasteiger partial charge in [-0.05, 0) is 24.6 Å². The monoisotopic (exact) mass is 287 g/mol. The summed E-state index contributed by atoms with van der Waals surface area (Å²) in [6.45, 7) is 1.49. The number of hydrogen-bond acceptors (Lipinski definition) is 5. The van der Waals surface area contributed by atoms with Crippen LogP contribution in [0.2, 0.25) is 0 Å². The Labute approximate surface area is 114 Å². The van der Waals surface area contributed by atoms with Crippen molar-refractivity contribution in [2.24, 2.45) is 0 Å². The molecule has 5 nitrogen and oxygen atoms in total. The van der Waals surface area contributed by atoms with Gasteiger partial charge in [0.1, 0.15) is 17.7 Å². The van der Waals surface area contributed by atoms with Gasteiger partial charge in [0, 0.05) is 12.5 Å². The highest BCUT2D eigenvalue weighted by molar-refractivity contribution is 5.82. The maximum absolute atomic E-state index is 13.4. The van der Waals surface area contributed by atoms with Crippen molar-refractivity contribution in [2.75, 3.05) is 7.11 Å². The molecule has 1 aromatic rings. The molecule has 0 amide bonds. The lowest BCUT2D eigenvalue weighted by atomic mass is 9.85. The van der Waals surface area contributed by atoms with Gasteiger partial charge >= 0.3 is 5.97 Å². The number of halogens is 2. The van der Waals surface area contributed by atoms with E-state index in [1.807, 2.05) is 0 Å². The fraction of sp³-hybridized carbons (Fsp3) is 0.462. The molecule has 20 heavy (non-hydrogen) atoms. The van der Waals surface area contributed by atoms with E-state index in [1.165, 1.54) is 6.92 Å². The Bertz CT molecular complexity index is 503. The summed E-state index contributed by atoms with van der Waals surface area (Å²) in [4.78, 5) is 17.2. The molecule has 1 heterocycles. The van der Waals surface area contributed by atoms with E-state index >= 15 is 0 Å². The van der Waals surface area contributed by atoms with E-state index < -0.39 is 35.4 Å². The average Bonchev–Trinajstić information content (AvgIpc) is 2.83. The van der Waals surface area contributed by atoms with Crippen LogP contribution in [-0.4, -0.2) is 30.4 Å². The van der Waals surface area contributed by atoms with Crippen LogP contribution >= 0.6 is 0 Å². The molecular weight excluding hydrogens is 272 g/mol. The second-order valence-electron chi connectivity index (χ2n) is 4.76. The number of aliphatic hydroxyl groups is 1. The number of hydrogen-bond donors (Lipinski definition) is 2. The van der Waals surface area contributed by atoms with Crippen molar-refractivity contribution < 1.29 is 28.3 Å². The van der Waals surface area contributed by atoms with Crippen molar-refractivity contribution in [1.82, 2.24) is 5.48 Å². The van der Waals surface area contributed by atoms with Gasteiger partial charge in [-0.15, -0.1) is 0 Å². The largest absolute Gasteiger partial charge is 0.467 e. The van der Waals surface area contributed by atoms with Crippen LogP contribution in [0, 0.1) is 11.6 Å². The summed E-state index contributed by atoms with van der Waals surface area (Å²) in [7, 11) is 1.16. The molecule has 1 fully saturated rings. The lowest BCUT2D eigenvalue weighted by Gasteiger charge is -2.25. The zero-order valence-electron chi connectivity index (χ0n) is 11.0. The standard InChI is InChI=1S/C13H15F2NO4/c1-7(17)11-6-13(16-20-11,12(18)19-2)8-3-9(14)5-10(15)4-8/h3-5,7,11,16-17H,6H2,1-2H3. The topological polar surface area (TPSA) is 67.8 Å². The molecule has 0 spiro atoms. The van der Waals surface area contributed by atoms with Crippen LogP contribution in [0.3, 0.4) is 0 Å². The summed E-state index contributed by atoms with van der Waals surface area (Å²) in [5.74, 6) is -2.37. The van der Waals surface area contributed by atoms with Crippen LogP contribution in [0.25, 0.3) is 0 Å². The molecule has 1 saturated heterocycles. The third-order valence-electron chi connectivity index (χ3n) is 3.32. The fourth-order valence-electron chi connectivity index (χ4n) is 2.22. The third kappa shape index (κ3) is 2.52. The zero-order valence-corrected chi connectivity index (χ0v) is 11.0. The minimum Gasteiger partial charge on any atom is -0.467 e. The average molecular weight is 287 g/mol. The third-order valence-corrected chi connectivity index (χ3v) is 3.32. The minimum atomic E-state index is -1.54. The SMILES string of the molecule is COC(=O)C1(c2cc(F)cc(F)c2)CC(C(C)O)ON1. The van der Waals surface area contributed by atoms with Gasteiger partial charge in [-0.3, -0.25) is 4.84 Å². The predicted molar refractivity (Wildman–Crippen MR) is 64.4 cm³/mol. The first-order chi connectivity index (χ1) is 9.39. The zero-order chi connectivity index (χ0) is 14.9. The number of esters is 1. The van der Waals surface area contributed by atoms with Crippen molar-refractivity contribution in [3.05, 3.63) is 35.4 Å². The first-order valence-electron chi connectivity index (χ1n) is 6.05. The normalized spacial score (nSPS) is 27.4. The molecule has 0 aromatic heterocycles. The van der Waals surface area contributed by atoms with Gasteiger partial charge in [0.2, 0.25) is 0 Å². The molecule has 110 valence electrons. The van der Waals surface area contributed by atoms with E-state index in [4.69, 9.17) is 9.57 Å². The Morgan fingerprint density at radius 3 is 2.55 bits per heavy atom. The predicted octanol–water partition coefficient (Wildman–Crippen LogP) is 1.01. The Kier molecular flexibility index (Phi) is 4.03.